The summed E-state index contributed by atoms with van der Waals surface area (Å²) in [4.78, 5) is 0. The molecule has 0 amide bonds. The molecule has 0 heterocycles. The van der Waals surface area contributed by atoms with Gasteiger partial charge in [-0.05, 0) is 12.2 Å². The molecule has 2 heteroatoms. The van der Waals surface area contributed by atoms with E-state index >= 15 is 0 Å². The lowest BCUT2D eigenvalue weighted by atomic mass is 10.0. The molecule has 0 bridgehead atoms. The highest BCUT2D eigenvalue weighted by molar-refractivity contribution is 5.59. The van der Waals surface area contributed by atoms with Crippen molar-refractivity contribution in [3.63, 3.8) is 0 Å². The standard InChI is InChI=1S/C12H12N2/c13-11-7-4-8-12(14)10-6-3-1-2-5-9(10)11/h1-8H,13-14H2. The molecule has 2 aliphatic carbocycles. The summed E-state index contributed by atoms with van der Waals surface area (Å²) in [5, 5.41) is 0. The van der Waals surface area contributed by atoms with Crippen molar-refractivity contribution >= 4 is 0 Å². The van der Waals surface area contributed by atoms with Gasteiger partial charge in [0, 0.05) is 22.5 Å². The second-order valence-corrected chi connectivity index (χ2v) is 3.17. The fraction of sp³-hybridized carbons (Fsp3) is 0. The van der Waals surface area contributed by atoms with Crippen molar-refractivity contribution < 1.29 is 0 Å². The highest BCUT2D eigenvalue weighted by Crippen LogP contribution is 2.24. The maximum atomic E-state index is 5.91. The third-order valence-electron chi connectivity index (χ3n) is 2.21. The van der Waals surface area contributed by atoms with Crippen LogP contribution in [0, 0.1) is 0 Å². The van der Waals surface area contributed by atoms with Gasteiger partial charge in [0.15, 0.2) is 0 Å². The summed E-state index contributed by atoms with van der Waals surface area (Å²) in [5.41, 5.74) is 15.3. The van der Waals surface area contributed by atoms with Crippen molar-refractivity contribution in [2.24, 2.45) is 11.5 Å². The highest BCUT2D eigenvalue weighted by Gasteiger charge is 2.10. The van der Waals surface area contributed by atoms with Gasteiger partial charge in [0.2, 0.25) is 0 Å². The van der Waals surface area contributed by atoms with Crippen LogP contribution in [0.1, 0.15) is 0 Å². The number of hydrogen-bond donors (Lipinski definition) is 2. The summed E-state index contributed by atoms with van der Waals surface area (Å²) in [5.74, 6) is 0. The minimum Gasteiger partial charge on any atom is -0.398 e. The maximum absolute atomic E-state index is 5.91. The van der Waals surface area contributed by atoms with E-state index in [0.29, 0.717) is 0 Å². The number of fused-ring (bicyclic) bond motifs is 1. The average Bonchev–Trinajstić information content (AvgIpc) is 2.46. The van der Waals surface area contributed by atoms with E-state index in [-0.39, 0.29) is 0 Å². The number of allylic oxidation sites excluding steroid dienone is 9. The second kappa shape index (κ2) is 3.42. The normalized spacial score (nSPS) is 19.7. The van der Waals surface area contributed by atoms with Gasteiger partial charge in [-0.15, -0.1) is 0 Å². The molecule has 0 saturated heterocycles. The zero-order valence-corrected chi connectivity index (χ0v) is 7.77. The summed E-state index contributed by atoms with van der Waals surface area (Å²) in [6, 6.07) is 0. The van der Waals surface area contributed by atoms with E-state index in [4.69, 9.17) is 11.5 Å². The van der Waals surface area contributed by atoms with Crippen LogP contribution < -0.4 is 11.5 Å². The molecule has 0 spiro atoms. The predicted molar refractivity (Wildman–Crippen MR) is 59.0 cm³/mol. The quantitative estimate of drug-likeness (QED) is 0.601. The molecule has 14 heavy (non-hydrogen) atoms. The van der Waals surface area contributed by atoms with Gasteiger partial charge in [-0.1, -0.05) is 36.5 Å². The van der Waals surface area contributed by atoms with Gasteiger partial charge >= 0.3 is 0 Å². The molecular formula is C12H12N2. The van der Waals surface area contributed by atoms with Crippen LogP contribution in [0.15, 0.2) is 71.1 Å². The molecule has 0 aliphatic heterocycles. The second-order valence-electron chi connectivity index (χ2n) is 3.17. The molecule has 2 nitrogen and oxygen atoms in total. The van der Waals surface area contributed by atoms with E-state index < -0.39 is 0 Å². The van der Waals surface area contributed by atoms with Crippen molar-refractivity contribution in [1.82, 2.24) is 0 Å². The average molecular weight is 184 g/mol. The molecule has 0 saturated carbocycles. The summed E-state index contributed by atoms with van der Waals surface area (Å²) >= 11 is 0. The SMILES string of the molecule is NC1=CC=CC(N)=C2C=CC=CC=C12. The summed E-state index contributed by atoms with van der Waals surface area (Å²) in [6.45, 7) is 0. The maximum Gasteiger partial charge on any atom is 0.0394 e. The van der Waals surface area contributed by atoms with Crippen LogP contribution in [0.4, 0.5) is 0 Å². The minimum absolute atomic E-state index is 0.743. The molecule has 0 radical (unpaired) electrons. The Labute approximate surface area is 83.3 Å². The van der Waals surface area contributed by atoms with Gasteiger partial charge in [0.1, 0.15) is 0 Å². The number of rotatable bonds is 0. The molecule has 4 N–H and O–H groups in total. The van der Waals surface area contributed by atoms with Crippen LogP contribution in [-0.2, 0) is 0 Å². The van der Waals surface area contributed by atoms with Crippen LogP contribution in [0.3, 0.4) is 0 Å². The van der Waals surface area contributed by atoms with Crippen molar-refractivity contribution in [3.05, 3.63) is 71.1 Å². The summed E-state index contributed by atoms with van der Waals surface area (Å²) < 4.78 is 0. The van der Waals surface area contributed by atoms with Crippen molar-refractivity contribution in [3.8, 4) is 0 Å². The molecule has 0 aromatic heterocycles. The molecule has 70 valence electrons. The fourth-order valence-electron chi connectivity index (χ4n) is 1.49. The molecule has 0 fully saturated rings. The van der Waals surface area contributed by atoms with E-state index in [1.165, 1.54) is 0 Å². The van der Waals surface area contributed by atoms with Crippen LogP contribution in [-0.4, -0.2) is 0 Å². The highest BCUT2D eigenvalue weighted by atomic mass is 14.6. The van der Waals surface area contributed by atoms with E-state index in [2.05, 4.69) is 0 Å². The van der Waals surface area contributed by atoms with E-state index in [1.54, 1.807) is 0 Å². The van der Waals surface area contributed by atoms with Gasteiger partial charge in [0.25, 0.3) is 0 Å². The monoisotopic (exact) mass is 184 g/mol. The van der Waals surface area contributed by atoms with Crippen molar-refractivity contribution in [2.75, 3.05) is 0 Å². The number of nitrogens with two attached hydrogens (primary N) is 2. The number of hydrogen-bond acceptors (Lipinski definition) is 2. The smallest absolute Gasteiger partial charge is 0.0394 e. The Morgan fingerprint density at radius 2 is 1.64 bits per heavy atom. The predicted octanol–water partition coefficient (Wildman–Crippen LogP) is 1.66. The molecule has 0 aromatic rings. The van der Waals surface area contributed by atoms with Crippen molar-refractivity contribution in [2.45, 2.75) is 0 Å². The Kier molecular flexibility index (Phi) is 2.11. The van der Waals surface area contributed by atoms with E-state index in [1.807, 2.05) is 48.6 Å². The summed E-state index contributed by atoms with van der Waals surface area (Å²) in [6.07, 6.45) is 15.4. The lowest BCUT2D eigenvalue weighted by Crippen LogP contribution is -2.05. The van der Waals surface area contributed by atoms with Crippen LogP contribution >= 0.6 is 0 Å². The minimum atomic E-state index is 0.743. The van der Waals surface area contributed by atoms with Gasteiger partial charge in [-0.25, -0.2) is 0 Å². The van der Waals surface area contributed by atoms with E-state index in [0.717, 1.165) is 22.5 Å². The molecular weight excluding hydrogens is 172 g/mol. The van der Waals surface area contributed by atoms with Gasteiger partial charge in [0.05, 0.1) is 0 Å². The Bertz CT molecular complexity index is 429. The van der Waals surface area contributed by atoms with Gasteiger partial charge < -0.3 is 11.5 Å². The first-order valence-electron chi connectivity index (χ1n) is 4.48. The van der Waals surface area contributed by atoms with Crippen molar-refractivity contribution in [1.29, 1.82) is 0 Å². The molecule has 2 rings (SSSR count). The van der Waals surface area contributed by atoms with Crippen LogP contribution in [0.25, 0.3) is 0 Å². The van der Waals surface area contributed by atoms with Gasteiger partial charge in [-0.2, -0.15) is 0 Å². The van der Waals surface area contributed by atoms with Crippen LogP contribution in [0.2, 0.25) is 0 Å². The topological polar surface area (TPSA) is 52.0 Å². The molecule has 2 aliphatic rings. The largest absolute Gasteiger partial charge is 0.398 e. The lowest BCUT2D eigenvalue weighted by molar-refractivity contribution is 1.28. The Hall–Kier alpha value is -1.96. The zero-order chi connectivity index (χ0) is 9.97. The zero-order valence-electron chi connectivity index (χ0n) is 7.77. The molecule has 0 atom stereocenters. The first-order chi connectivity index (χ1) is 6.79. The van der Waals surface area contributed by atoms with E-state index in [9.17, 15) is 0 Å². The summed E-state index contributed by atoms with van der Waals surface area (Å²) in [7, 11) is 0. The fourth-order valence-corrected chi connectivity index (χ4v) is 1.49. The molecule has 0 unspecified atom stereocenters. The van der Waals surface area contributed by atoms with Crippen LogP contribution in [0.5, 0.6) is 0 Å². The lowest BCUT2D eigenvalue weighted by Gasteiger charge is -2.07. The first kappa shape index (κ1) is 8.63. The molecule has 0 aromatic carbocycles. The third kappa shape index (κ3) is 1.42. The Balaban J connectivity index is 2.63. The third-order valence-corrected chi connectivity index (χ3v) is 2.21. The van der Waals surface area contributed by atoms with Gasteiger partial charge in [-0.3, -0.25) is 0 Å². The Morgan fingerprint density at radius 3 is 2.50 bits per heavy atom. The Morgan fingerprint density at radius 1 is 0.786 bits per heavy atom. The first-order valence-corrected chi connectivity index (χ1v) is 4.48.